The van der Waals surface area contributed by atoms with Crippen LogP contribution in [-0.4, -0.2) is 24.0 Å². The maximum absolute atomic E-state index is 12.2. The zero-order chi connectivity index (χ0) is 16.3. The van der Waals surface area contributed by atoms with E-state index in [1.807, 2.05) is 17.4 Å². The third kappa shape index (κ3) is 3.63. The van der Waals surface area contributed by atoms with Gasteiger partial charge in [-0.1, -0.05) is 19.9 Å². The number of urea groups is 1. The van der Waals surface area contributed by atoms with Gasteiger partial charge in [-0.05, 0) is 48.4 Å². The number of carbonyl (C=O) groups is 3. The minimum absolute atomic E-state index is 0.280. The lowest BCUT2D eigenvalue weighted by molar-refractivity contribution is -0.130. The first-order valence-electron chi connectivity index (χ1n) is 7.31. The summed E-state index contributed by atoms with van der Waals surface area (Å²) in [5.74, 6) is -1.57. The zero-order valence-corrected chi connectivity index (χ0v) is 12.7. The van der Waals surface area contributed by atoms with Gasteiger partial charge in [0.25, 0.3) is 5.91 Å². The van der Waals surface area contributed by atoms with Gasteiger partial charge in [-0.15, -0.1) is 0 Å². The van der Waals surface area contributed by atoms with Crippen molar-refractivity contribution < 1.29 is 19.1 Å². The van der Waals surface area contributed by atoms with E-state index in [4.69, 9.17) is 10.5 Å². The van der Waals surface area contributed by atoms with Crippen LogP contribution in [0.25, 0.3) is 0 Å². The Bertz CT molecular complexity index is 610. The number of rotatable bonds is 4. The second kappa shape index (κ2) is 6.60. The molecule has 0 radical (unpaired) electrons. The number of carbonyl (C=O) groups excluding carboxylic acids is 3. The van der Waals surface area contributed by atoms with Crippen LogP contribution >= 0.6 is 0 Å². The smallest absolute Gasteiger partial charge is 0.338 e. The van der Waals surface area contributed by atoms with Crippen LogP contribution in [-0.2, 0) is 22.4 Å². The van der Waals surface area contributed by atoms with Crippen molar-refractivity contribution in [2.24, 2.45) is 11.7 Å². The predicted octanol–water partition coefficient (Wildman–Crippen LogP) is 1.55. The average Bonchev–Trinajstić information content (AvgIpc) is 2.90. The summed E-state index contributed by atoms with van der Waals surface area (Å²) < 4.78 is 5.26. The molecule has 1 atom stereocenters. The van der Waals surface area contributed by atoms with Crippen molar-refractivity contribution in [2.45, 2.75) is 39.2 Å². The minimum Gasteiger partial charge on any atom is -0.448 e. The Kier molecular flexibility index (Phi) is 4.80. The molecule has 3 amide bonds. The Morgan fingerprint density at radius 1 is 1.18 bits per heavy atom. The van der Waals surface area contributed by atoms with E-state index in [1.54, 1.807) is 19.9 Å². The summed E-state index contributed by atoms with van der Waals surface area (Å²) in [5, 5.41) is 1.95. The van der Waals surface area contributed by atoms with Crippen LogP contribution in [0.1, 0.15) is 41.8 Å². The molecule has 3 N–H and O–H groups in total. The van der Waals surface area contributed by atoms with Gasteiger partial charge in [0.1, 0.15) is 0 Å². The Balaban J connectivity index is 2.11. The summed E-state index contributed by atoms with van der Waals surface area (Å²) in [4.78, 5) is 34.9. The highest BCUT2D eigenvalue weighted by atomic mass is 16.5. The molecule has 1 unspecified atom stereocenters. The normalized spacial score (nSPS) is 14.3. The van der Waals surface area contributed by atoms with E-state index in [-0.39, 0.29) is 5.92 Å². The maximum atomic E-state index is 12.2. The molecule has 1 aliphatic rings. The van der Waals surface area contributed by atoms with E-state index in [1.165, 1.54) is 5.56 Å². The third-order valence-corrected chi connectivity index (χ3v) is 3.68. The van der Waals surface area contributed by atoms with Crippen molar-refractivity contribution in [3.05, 3.63) is 34.9 Å². The van der Waals surface area contributed by atoms with Gasteiger partial charge < -0.3 is 10.5 Å². The molecule has 6 nitrogen and oxygen atoms in total. The van der Waals surface area contributed by atoms with E-state index in [0.717, 1.165) is 24.8 Å². The Morgan fingerprint density at radius 3 is 2.50 bits per heavy atom. The van der Waals surface area contributed by atoms with E-state index in [0.29, 0.717) is 5.56 Å². The molecule has 22 heavy (non-hydrogen) atoms. The van der Waals surface area contributed by atoms with Crippen molar-refractivity contribution in [3.63, 3.8) is 0 Å². The van der Waals surface area contributed by atoms with Gasteiger partial charge in [-0.25, -0.2) is 9.59 Å². The Labute approximate surface area is 129 Å². The molecular weight excluding hydrogens is 284 g/mol. The van der Waals surface area contributed by atoms with Gasteiger partial charge in [0.15, 0.2) is 6.10 Å². The van der Waals surface area contributed by atoms with Crippen LogP contribution in [0.15, 0.2) is 18.2 Å². The molecule has 0 fully saturated rings. The molecule has 0 aliphatic heterocycles. The number of primary amides is 1. The fraction of sp³-hybridized carbons (Fsp3) is 0.438. The van der Waals surface area contributed by atoms with Gasteiger partial charge in [0.2, 0.25) is 0 Å². The quantitative estimate of drug-likeness (QED) is 0.824. The number of benzene rings is 1. The first-order chi connectivity index (χ1) is 10.4. The number of imide groups is 1. The first kappa shape index (κ1) is 16.0. The minimum atomic E-state index is -1.06. The number of hydrogen-bond acceptors (Lipinski definition) is 4. The SMILES string of the molecule is CC(C)C(OC(=O)c1ccc2c(c1)CCC2)C(=O)NC(N)=O. The van der Waals surface area contributed by atoms with Gasteiger partial charge in [-0.2, -0.15) is 0 Å². The molecule has 0 saturated carbocycles. The number of nitrogens with two attached hydrogens (primary N) is 1. The van der Waals surface area contributed by atoms with Crippen molar-refractivity contribution in [2.75, 3.05) is 0 Å². The predicted molar refractivity (Wildman–Crippen MR) is 80.2 cm³/mol. The highest BCUT2D eigenvalue weighted by Gasteiger charge is 2.28. The summed E-state index contributed by atoms with van der Waals surface area (Å²) in [6.07, 6.45) is 2.00. The van der Waals surface area contributed by atoms with E-state index in [2.05, 4.69) is 0 Å². The van der Waals surface area contributed by atoms with Gasteiger partial charge >= 0.3 is 12.0 Å². The number of amides is 3. The Morgan fingerprint density at radius 2 is 1.86 bits per heavy atom. The van der Waals surface area contributed by atoms with Crippen LogP contribution in [0, 0.1) is 5.92 Å². The molecule has 1 aromatic rings. The fourth-order valence-corrected chi connectivity index (χ4v) is 2.57. The number of aryl methyl sites for hydroxylation is 2. The maximum Gasteiger partial charge on any atom is 0.338 e. The van der Waals surface area contributed by atoms with Crippen LogP contribution in [0.2, 0.25) is 0 Å². The first-order valence-corrected chi connectivity index (χ1v) is 7.31. The highest BCUT2D eigenvalue weighted by molar-refractivity contribution is 5.98. The number of ether oxygens (including phenoxy) is 1. The number of fused-ring (bicyclic) bond motifs is 1. The van der Waals surface area contributed by atoms with Crippen molar-refractivity contribution in [1.29, 1.82) is 0 Å². The third-order valence-electron chi connectivity index (χ3n) is 3.68. The van der Waals surface area contributed by atoms with E-state index in [9.17, 15) is 14.4 Å². The second-order valence-electron chi connectivity index (χ2n) is 5.76. The van der Waals surface area contributed by atoms with Crippen LogP contribution in [0.5, 0.6) is 0 Å². The summed E-state index contributed by atoms with van der Waals surface area (Å²) in [5.41, 5.74) is 7.74. The van der Waals surface area contributed by atoms with Gasteiger partial charge in [-0.3, -0.25) is 10.1 Å². The lowest BCUT2D eigenvalue weighted by Gasteiger charge is -2.20. The van der Waals surface area contributed by atoms with Gasteiger partial charge in [0.05, 0.1) is 5.56 Å². The van der Waals surface area contributed by atoms with Crippen molar-refractivity contribution >= 4 is 17.9 Å². The summed E-state index contributed by atoms with van der Waals surface area (Å²) >= 11 is 0. The molecule has 1 aromatic carbocycles. The molecular formula is C16H20N2O4. The average molecular weight is 304 g/mol. The van der Waals surface area contributed by atoms with Crippen LogP contribution in [0.3, 0.4) is 0 Å². The lowest BCUT2D eigenvalue weighted by Crippen LogP contribution is -2.45. The second-order valence-corrected chi connectivity index (χ2v) is 5.76. The van der Waals surface area contributed by atoms with Gasteiger partial charge in [0, 0.05) is 0 Å². The molecule has 1 aliphatic carbocycles. The zero-order valence-electron chi connectivity index (χ0n) is 12.7. The molecule has 0 aromatic heterocycles. The molecule has 118 valence electrons. The molecule has 2 rings (SSSR count). The number of esters is 1. The Hall–Kier alpha value is -2.37. The van der Waals surface area contributed by atoms with E-state index >= 15 is 0 Å². The monoisotopic (exact) mass is 304 g/mol. The number of nitrogens with one attached hydrogen (secondary N) is 1. The molecule has 0 bridgehead atoms. The van der Waals surface area contributed by atoms with Crippen LogP contribution < -0.4 is 11.1 Å². The largest absolute Gasteiger partial charge is 0.448 e. The topological polar surface area (TPSA) is 98.5 Å². The van der Waals surface area contributed by atoms with Crippen molar-refractivity contribution in [1.82, 2.24) is 5.32 Å². The van der Waals surface area contributed by atoms with Crippen molar-refractivity contribution in [3.8, 4) is 0 Å². The number of hydrogen-bond donors (Lipinski definition) is 2. The van der Waals surface area contributed by atoms with E-state index < -0.39 is 24.0 Å². The van der Waals surface area contributed by atoms with Crippen LogP contribution in [0.4, 0.5) is 4.79 Å². The standard InChI is InChI=1S/C16H20N2O4/c1-9(2)13(14(19)18-16(17)21)22-15(20)12-7-6-10-4-3-5-11(10)8-12/h6-9,13H,3-5H2,1-2H3,(H3,17,18,19,21). The fourth-order valence-electron chi connectivity index (χ4n) is 2.57. The summed E-state index contributed by atoms with van der Waals surface area (Å²) in [6.45, 7) is 3.45. The lowest BCUT2D eigenvalue weighted by atomic mass is 10.1. The summed E-state index contributed by atoms with van der Waals surface area (Å²) in [6, 6.07) is 4.47. The molecule has 0 spiro atoms. The molecule has 0 heterocycles. The molecule has 6 heteroatoms. The molecule has 0 saturated heterocycles. The highest BCUT2D eigenvalue weighted by Crippen LogP contribution is 2.23. The summed E-state index contributed by atoms with van der Waals surface area (Å²) in [7, 11) is 0.